The van der Waals surface area contributed by atoms with E-state index in [4.69, 9.17) is 4.74 Å². The minimum Gasteiger partial charge on any atom is -0.462 e. The topological polar surface area (TPSA) is 82.7 Å². The Morgan fingerprint density at radius 3 is 2.17 bits per heavy atom. The molecule has 1 heterocycles. The molecule has 0 bridgehead atoms. The van der Waals surface area contributed by atoms with E-state index in [1.807, 2.05) is 13.8 Å². The van der Waals surface area contributed by atoms with Crippen LogP contribution in [-0.4, -0.2) is 65.9 Å². The maximum absolute atomic E-state index is 12.6. The molecule has 0 spiro atoms. The monoisotopic (exact) mass is 337 g/mol. The lowest BCUT2D eigenvalue weighted by Gasteiger charge is -2.23. The number of H-pyrrole nitrogens is 1. The number of carbonyl (C=O) groups excluding carboxylic acids is 3. The van der Waals surface area contributed by atoms with Crippen molar-refractivity contribution in [3.8, 4) is 0 Å². The first kappa shape index (κ1) is 19.7. The Morgan fingerprint density at radius 1 is 1.08 bits per heavy atom. The molecule has 0 atom stereocenters. The molecule has 1 aromatic heterocycles. The van der Waals surface area contributed by atoms with Crippen LogP contribution in [-0.2, 0) is 9.53 Å². The van der Waals surface area contributed by atoms with Gasteiger partial charge in [0.15, 0.2) is 0 Å². The second-order valence-electron chi connectivity index (χ2n) is 5.57. The van der Waals surface area contributed by atoms with Gasteiger partial charge in [0.1, 0.15) is 5.69 Å². The summed E-state index contributed by atoms with van der Waals surface area (Å²) in [5, 5.41) is 0. The lowest BCUT2D eigenvalue weighted by molar-refractivity contribution is -0.131. The average molecular weight is 337 g/mol. The van der Waals surface area contributed by atoms with Gasteiger partial charge in [-0.1, -0.05) is 0 Å². The normalized spacial score (nSPS) is 10.4. The van der Waals surface area contributed by atoms with Crippen LogP contribution >= 0.6 is 0 Å². The summed E-state index contributed by atoms with van der Waals surface area (Å²) < 4.78 is 5.02. The van der Waals surface area contributed by atoms with Crippen molar-refractivity contribution in [2.24, 2.45) is 0 Å². The highest BCUT2D eigenvalue weighted by atomic mass is 16.5. The third-order valence-electron chi connectivity index (χ3n) is 3.97. The van der Waals surface area contributed by atoms with E-state index in [1.165, 1.54) is 4.90 Å². The largest absolute Gasteiger partial charge is 0.462 e. The van der Waals surface area contributed by atoms with Crippen molar-refractivity contribution in [1.29, 1.82) is 0 Å². The van der Waals surface area contributed by atoms with E-state index in [-0.39, 0.29) is 25.0 Å². The summed E-state index contributed by atoms with van der Waals surface area (Å²) in [7, 11) is 1.57. The number of likely N-dealkylation sites (N-methyl/N-ethyl adjacent to an activating group) is 2. The van der Waals surface area contributed by atoms with Crippen LogP contribution in [0.2, 0.25) is 0 Å². The van der Waals surface area contributed by atoms with Gasteiger partial charge in [-0.2, -0.15) is 0 Å². The van der Waals surface area contributed by atoms with Gasteiger partial charge in [-0.05, 0) is 40.2 Å². The molecule has 24 heavy (non-hydrogen) atoms. The second-order valence-corrected chi connectivity index (χ2v) is 5.57. The van der Waals surface area contributed by atoms with Crippen LogP contribution in [0, 0.1) is 13.8 Å². The third-order valence-corrected chi connectivity index (χ3v) is 3.97. The highest BCUT2D eigenvalue weighted by Crippen LogP contribution is 2.20. The van der Waals surface area contributed by atoms with Gasteiger partial charge in [0.2, 0.25) is 5.91 Å². The number of aryl methyl sites for hydroxylation is 1. The van der Waals surface area contributed by atoms with Crippen LogP contribution in [0.1, 0.15) is 52.9 Å². The number of aromatic nitrogens is 1. The van der Waals surface area contributed by atoms with E-state index < -0.39 is 5.97 Å². The zero-order valence-corrected chi connectivity index (χ0v) is 15.4. The molecule has 0 aliphatic carbocycles. The molecule has 0 aliphatic rings. The first-order valence-electron chi connectivity index (χ1n) is 8.17. The highest BCUT2D eigenvalue weighted by molar-refractivity contribution is 6.01. The molecule has 0 aliphatic heterocycles. The third kappa shape index (κ3) is 4.15. The van der Waals surface area contributed by atoms with Crippen molar-refractivity contribution in [3.63, 3.8) is 0 Å². The fourth-order valence-electron chi connectivity index (χ4n) is 2.62. The number of ether oxygens (including phenoxy) is 1. The van der Waals surface area contributed by atoms with Crippen molar-refractivity contribution in [2.45, 2.75) is 34.6 Å². The Labute approximate surface area is 143 Å². The smallest absolute Gasteiger partial charge is 0.340 e. The Bertz CT molecular complexity index is 618. The second kappa shape index (κ2) is 8.52. The van der Waals surface area contributed by atoms with Gasteiger partial charge in [-0.3, -0.25) is 9.59 Å². The van der Waals surface area contributed by atoms with Gasteiger partial charge in [0, 0.05) is 25.8 Å². The maximum Gasteiger partial charge on any atom is 0.340 e. The van der Waals surface area contributed by atoms with Gasteiger partial charge in [-0.15, -0.1) is 0 Å². The predicted molar refractivity (Wildman–Crippen MR) is 91.1 cm³/mol. The minimum absolute atomic E-state index is 0.00718. The number of esters is 1. The molecule has 0 saturated carbocycles. The molecule has 7 heteroatoms. The summed E-state index contributed by atoms with van der Waals surface area (Å²) in [6.45, 7) is 10.4. The SMILES string of the molecule is CCOC(=O)c1c(C)[nH]c(C(=O)N(C)CC(=O)N(CC)CC)c1C. The van der Waals surface area contributed by atoms with Crippen LogP contribution in [0.5, 0.6) is 0 Å². The fourth-order valence-corrected chi connectivity index (χ4v) is 2.62. The number of carbonyl (C=O) groups is 3. The number of rotatable bonds is 7. The molecule has 134 valence electrons. The van der Waals surface area contributed by atoms with Crippen molar-refractivity contribution >= 4 is 17.8 Å². The summed E-state index contributed by atoms with van der Waals surface area (Å²) in [6.07, 6.45) is 0. The molecule has 0 saturated heterocycles. The van der Waals surface area contributed by atoms with Crippen LogP contribution in [0.4, 0.5) is 0 Å². The van der Waals surface area contributed by atoms with Crippen LogP contribution in [0.3, 0.4) is 0 Å². The number of nitrogens with zero attached hydrogens (tertiary/aromatic N) is 2. The van der Waals surface area contributed by atoms with Crippen LogP contribution < -0.4 is 0 Å². The number of nitrogens with one attached hydrogen (secondary N) is 1. The van der Waals surface area contributed by atoms with E-state index in [2.05, 4.69) is 4.98 Å². The van der Waals surface area contributed by atoms with Crippen molar-refractivity contribution < 1.29 is 19.1 Å². The summed E-state index contributed by atoms with van der Waals surface area (Å²) in [5.74, 6) is -0.890. The summed E-state index contributed by atoms with van der Waals surface area (Å²) in [6, 6.07) is 0. The molecule has 0 fully saturated rings. The molecule has 0 unspecified atom stereocenters. The van der Waals surface area contributed by atoms with E-state index in [9.17, 15) is 14.4 Å². The highest BCUT2D eigenvalue weighted by Gasteiger charge is 2.26. The van der Waals surface area contributed by atoms with Crippen LogP contribution in [0.25, 0.3) is 0 Å². The van der Waals surface area contributed by atoms with Crippen molar-refractivity contribution in [2.75, 3.05) is 33.3 Å². The van der Waals surface area contributed by atoms with E-state index in [0.29, 0.717) is 35.6 Å². The molecule has 1 N–H and O–H groups in total. The first-order chi connectivity index (χ1) is 11.3. The van der Waals surface area contributed by atoms with E-state index in [0.717, 1.165) is 0 Å². The lowest BCUT2D eigenvalue weighted by atomic mass is 10.1. The van der Waals surface area contributed by atoms with Gasteiger partial charge in [0.25, 0.3) is 5.91 Å². The Balaban J connectivity index is 2.97. The molecule has 2 amide bonds. The number of hydrogen-bond donors (Lipinski definition) is 1. The van der Waals surface area contributed by atoms with Gasteiger partial charge >= 0.3 is 5.97 Å². The number of hydrogen-bond acceptors (Lipinski definition) is 4. The van der Waals surface area contributed by atoms with Gasteiger partial charge in [0.05, 0.1) is 18.7 Å². The molecule has 1 aromatic rings. The quantitative estimate of drug-likeness (QED) is 0.769. The maximum atomic E-state index is 12.6. The van der Waals surface area contributed by atoms with E-state index >= 15 is 0 Å². The zero-order valence-electron chi connectivity index (χ0n) is 15.4. The molecular formula is C17H27N3O4. The Hall–Kier alpha value is -2.31. The zero-order chi connectivity index (χ0) is 18.4. The summed E-state index contributed by atoms with van der Waals surface area (Å²) in [5.41, 5.74) is 1.81. The number of aromatic amines is 1. The van der Waals surface area contributed by atoms with Crippen LogP contribution in [0.15, 0.2) is 0 Å². The minimum atomic E-state index is -0.454. The van der Waals surface area contributed by atoms with Gasteiger partial charge in [-0.25, -0.2) is 4.79 Å². The molecule has 0 aromatic carbocycles. The Morgan fingerprint density at radius 2 is 1.67 bits per heavy atom. The standard InChI is InChI=1S/C17H27N3O4/c1-7-20(8-2)13(21)10-19(6)16(22)15-11(4)14(12(5)18-15)17(23)24-9-3/h18H,7-10H2,1-6H3. The molecular weight excluding hydrogens is 310 g/mol. The Kier molecular flexibility index (Phi) is 7.00. The van der Waals surface area contributed by atoms with Crippen molar-refractivity contribution in [1.82, 2.24) is 14.8 Å². The first-order valence-corrected chi connectivity index (χ1v) is 8.17. The number of amides is 2. The molecule has 7 nitrogen and oxygen atoms in total. The van der Waals surface area contributed by atoms with E-state index in [1.54, 1.807) is 32.7 Å². The van der Waals surface area contributed by atoms with Gasteiger partial charge < -0.3 is 19.5 Å². The molecule has 1 rings (SSSR count). The molecule has 0 radical (unpaired) electrons. The summed E-state index contributed by atoms with van der Waals surface area (Å²) in [4.78, 5) is 42.7. The van der Waals surface area contributed by atoms with Crippen molar-refractivity contribution in [3.05, 3.63) is 22.5 Å². The fraction of sp³-hybridized carbons (Fsp3) is 0.588. The summed E-state index contributed by atoms with van der Waals surface area (Å²) >= 11 is 0. The average Bonchev–Trinajstić information content (AvgIpc) is 2.82. The lowest BCUT2D eigenvalue weighted by Crippen LogP contribution is -2.41. The predicted octanol–water partition coefficient (Wildman–Crippen LogP) is 1.75.